The second-order valence-corrected chi connectivity index (χ2v) is 5.42. The van der Waals surface area contributed by atoms with Crippen LogP contribution in [-0.4, -0.2) is 19.0 Å². The first-order valence-electron chi connectivity index (χ1n) is 5.89. The molecular weight excluding hydrogens is 234 g/mol. The highest BCUT2D eigenvalue weighted by molar-refractivity contribution is 7.10. The smallest absolute Gasteiger partial charge is 0.221 e. The van der Waals surface area contributed by atoms with Gasteiger partial charge in [0.15, 0.2) is 0 Å². The molecule has 0 radical (unpaired) electrons. The summed E-state index contributed by atoms with van der Waals surface area (Å²) in [4.78, 5) is 12.5. The van der Waals surface area contributed by atoms with Gasteiger partial charge in [-0.05, 0) is 17.4 Å². The molecule has 1 amide bonds. The van der Waals surface area contributed by atoms with Gasteiger partial charge in [0.2, 0.25) is 5.91 Å². The molecule has 1 rings (SSSR count). The third kappa shape index (κ3) is 5.70. The quantitative estimate of drug-likeness (QED) is 0.648. The Morgan fingerprint density at radius 2 is 2.29 bits per heavy atom. The Bertz CT molecular complexity index is 349. The summed E-state index contributed by atoms with van der Waals surface area (Å²) in [6.45, 7) is 6.33. The van der Waals surface area contributed by atoms with Gasteiger partial charge in [-0.1, -0.05) is 13.8 Å². The first-order chi connectivity index (χ1) is 8.09. The largest absolute Gasteiger partial charge is 0.398 e. The minimum atomic E-state index is 0.102. The molecular formula is C12H21N3OS. The van der Waals surface area contributed by atoms with E-state index in [0.29, 0.717) is 18.9 Å². The number of nitrogen functional groups attached to an aromatic ring is 1. The van der Waals surface area contributed by atoms with Crippen molar-refractivity contribution >= 4 is 22.9 Å². The molecule has 0 saturated heterocycles. The molecule has 4 nitrogen and oxygen atoms in total. The number of carbonyl (C=O) groups is 1. The van der Waals surface area contributed by atoms with Crippen LogP contribution in [0.3, 0.4) is 0 Å². The highest BCUT2D eigenvalue weighted by atomic mass is 32.1. The fourth-order valence-electron chi connectivity index (χ4n) is 1.30. The van der Waals surface area contributed by atoms with E-state index in [0.717, 1.165) is 23.7 Å². The average Bonchev–Trinajstić information content (AvgIpc) is 2.68. The topological polar surface area (TPSA) is 67.2 Å². The molecule has 0 aliphatic heterocycles. The molecule has 1 heterocycles. The van der Waals surface area contributed by atoms with Crippen molar-refractivity contribution in [2.45, 2.75) is 26.8 Å². The van der Waals surface area contributed by atoms with Crippen molar-refractivity contribution in [2.24, 2.45) is 5.92 Å². The Kier molecular flexibility index (Phi) is 6.00. The lowest BCUT2D eigenvalue weighted by molar-refractivity contribution is -0.121. The molecule has 0 bridgehead atoms. The third-order valence-corrected chi connectivity index (χ3v) is 3.24. The number of amides is 1. The van der Waals surface area contributed by atoms with Crippen LogP contribution in [0.25, 0.3) is 0 Å². The Balaban J connectivity index is 2.08. The fraction of sp³-hybridized carbons (Fsp3) is 0.583. The van der Waals surface area contributed by atoms with Crippen molar-refractivity contribution in [3.8, 4) is 0 Å². The summed E-state index contributed by atoms with van der Waals surface area (Å²) in [7, 11) is 0. The van der Waals surface area contributed by atoms with E-state index in [1.165, 1.54) is 0 Å². The van der Waals surface area contributed by atoms with Gasteiger partial charge in [0.05, 0.1) is 0 Å². The summed E-state index contributed by atoms with van der Waals surface area (Å²) in [6, 6.07) is 1.90. The van der Waals surface area contributed by atoms with Crippen LogP contribution in [0.4, 0.5) is 5.69 Å². The number of carbonyl (C=O) groups excluding carboxylic acids is 1. The lowest BCUT2D eigenvalue weighted by atomic mass is 10.2. The molecule has 0 saturated carbocycles. The first-order valence-corrected chi connectivity index (χ1v) is 6.77. The van der Waals surface area contributed by atoms with E-state index in [9.17, 15) is 4.79 Å². The summed E-state index contributed by atoms with van der Waals surface area (Å²) in [6.07, 6.45) is 0.512. The summed E-state index contributed by atoms with van der Waals surface area (Å²) in [5, 5.41) is 8.08. The number of hydrogen-bond donors (Lipinski definition) is 3. The maximum atomic E-state index is 11.4. The van der Waals surface area contributed by atoms with Crippen LogP contribution >= 0.6 is 11.3 Å². The molecule has 5 heteroatoms. The van der Waals surface area contributed by atoms with Crippen molar-refractivity contribution in [2.75, 3.05) is 18.8 Å². The number of nitrogens with one attached hydrogen (secondary N) is 2. The van der Waals surface area contributed by atoms with E-state index in [1.807, 2.05) is 11.4 Å². The zero-order chi connectivity index (χ0) is 12.7. The van der Waals surface area contributed by atoms with E-state index in [4.69, 9.17) is 5.73 Å². The zero-order valence-electron chi connectivity index (χ0n) is 10.5. The summed E-state index contributed by atoms with van der Waals surface area (Å²) in [5.41, 5.74) is 6.58. The highest BCUT2D eigenvalue weighted by Gasteiger charge is 2.03. The monoisotopic (exact) mass is 255 g/mol. The lowest BCUT2D eigenvalue weighted by Crippen LogP contribution is -2.30. The van der Waals surface area contributed by atoms with E-state index in [-0.39, 0.29) is 5.91 Å². The molecule has 17 heavy (non-hydrogen) atoms. The van der Waals surface area contributed by atoms with Gasteiger partial charge in [0, 0.05) is 36.6 Å². The fourth-order valence-corrected chi connectivity index (χ4v) is 2.07. The normalized spacial score (nSPS) is 10.8. The predicted octanol–water partition coefficient (Wildman–Crippen LogP) is 1.58. The number of thiophene rings is 1. The summed E-state index contributed by atoms with van der Waals surface area (Å²) in [5.74, 6) is 0.600. The van der Waals surface area contributed by atoms with Gasteiger partial charge in [0.25, 0.3) is 0 Å². The van der Waals surface area contributed by atoms with Gasteiger partial charge in [-0.2, -0.15) is 0 Å². The van der Waals surface area contributed by atoms with Crippen molar-refractivity contribution in [1.29, 1.82) is 0 Å². The molecule has 0 unspecified atom stereocenters. The second kappa shape index (κ2) is 7.29. The lowest BCUT2D eigenvalue weighted by Gasteiger charge is -2.08. The standard InChI is InChI=1S/C12H21N3OS/c1-9(2)7-15-12(16)3-5-14-8-11-10(13)4-6-17-11/h4,6,9,14H,3,5,7-8,13H2,1-2H3,(H,15,16). The van der Waals surface area contributed by atoms with Gasteiger partial charge in [-0.3, -0.25) is 4.79 Å². The van der Waals surface area contributed by atoms with E-state index >= 15 is 0 Å². The maximum Gasteiger partial charge on any atom is 0.221 e. The Hall–Kier alpha value is -1.07. The van der Waals surface area contributed by atoms with E-state index < -0.39 is 0 Å². The van der Waals surface area contributed by atoms with Crippen molar-refractivity contribution in [3.63, 3.8) is 0 Å². The molecule has 0 spiro atoms. The third-order valence-electron chi connectivity index (χ3n) is 2.30. The molecule has 0 aromatic carbocycles. The number of hydrogen-bond acceptors (Lipinski definition) is 4. The molecule has 4 N–H and O–H groups in total. The first kappa shape index (κ1) is 14.0. The predicted molar refractivity (Wildman–Crippen MR) is 72.9 cm³/mol. The van der Waals surface area contributed by atoms with Crippen LogP contribution in [0.1, 0.15) is 25.1 Å². The van der Waals surface area contributed by atoms with Gasteiger partial charge < -0.3 is 16.4 Å². The van der Waals surface area contributed by atoms with Crippen molar-refractivity contribution in [3.05, 3.63) is 16.3 Å². The molecule has 1 aromatic heterocycles. The molecule has 1 aromatic rings. The molecule has 96 valence electrons. The van der Waals surface area contributed by atoms with Crippen molar-refractivity contribution < 1.29 is 4.79 Å². The summed E-state index contributed by atoms with van der Waals surface area (Å²) >= 11 is 1.63. The number of anilines is 1. The van der Waals surface area contributed by atoms with Gasteiger partial charge >= 0.3 is 0 Å². The number of nitrogens with two attached hydrogens (primary N) is 1. The van der Waals surface area contributed by atoms with Gasteiger partial charge in [-0.15, -0.1) is 11.3 Å². The molecule has 0 aliphatic carbocycles. The number of rotatable bonds is 7. The van der Waals surface area contributed by atoms with Gasteiger partial charge in [0.1, 0.15) is 0 Å². The highest BCUT2D eigenvalue weighted by Crippen LogP contribution is 2.17. The van der Waals surface area contributed by atoms with E-state index in [2.05, 4.69) is 24.5 Å². The molecule has 0 atom stereocenters. The van der Waals surface area contributed by atoms with Crippen LogP contribution in [0, 0.1) is 5.92 Å². The summed E-state index contributed by atoms with van der Waals surface area (Å²) < 4.78 is 0. The van der Waals surface area contributed by atoms with Crippen LogP contribution in [0.2, 0.25) is 0 Å². The van der Waals surface area contributed by atoms with E-state index in [1.54, 1.807) is 11.3 Å². The maximum absolute atomic E-state index is 11.4. The van der Waals surface area contributed by atoms with Crippen molar-refractivity contribution in [1.82, 2.24) is 10.6 Å². The van der Waals surface area contributed by atoms with Gasteiger partial charge in [-0.25, -0.2) is 0 Å². The Labute approximate surface area is 107 Å². The minimum Gasteiger partial charge on any atom is -0.398 e. The van der Waals surface area contributed by atoms with Crippen LogP contribution in [0.15, 0.2) is 11.4 Å². The average molecular weight is 255 g/mol. The van der Waals surface area contributed by atoms with Crippen LogP contribution in [0.5, 0.6) is 0 Å². The van der Waals surface area contributed by atoms with Crippen LogP contribution < -0.4 is 16.4 Å². The minimum absolute atomic E-state index is 0.102. The Morgan fingerprint density at radius 1 is 1.53 bits per heavy atom. The molecule has 0 fully saturated rings. The SMILES string of the molecule is CC(C)CNC(=O)CCNCc1sccc1N. The second-order valence-electron chi connectivity index (χ2n) is 4.42. The zero-order valence-corrected chi connectivity index (χ0v) is 11.3. The Morgan fingerprint density at radius 3 is 2.88 bits per heavy atom. The molecule has 0 aliphatic rings. The van der Waals surface area contributed by atoms with Crippen LogP contribution in [-0.2, 0) is 11.3 Å².